The van der Waals surface area contributed by atoms with Gasteiger partial charge in [0.1, 0.15) is 0 Å². The molecule has 1 aromatic rings. The van der Waals surface area contributed by atoms with Gasteiger partial charge in [0.25, 0.3) is 0 Å². The smallest absolute Gasteiger partial charge is 0.0931 e. The predicted octanol–water partition coefficient (Wildman–Crippen LogP) is 3.62. The minimum atomic E-state index is 0.185. The summed E-state index contributed by atoms with van der Waals surface area (Å²) in [6, 6.07) is 5.22. The van der Waals surface area contributed by atoms with Crippen LogP contribution in [0.2, 0.25) is 4.34 Å². The Kier molecular flexibility index (Phi) is 5.39. The Morgan fingerprint density at radius 2 is 2.33 bits per heavy atom. The van der Waals surface area contributed by atoms with Crippen LogP contribution in [0.25, 0.3) is 0 Å². The van der Waals surface area contributed by atoms with E-state index < -0.39 is 0 Å². The molecular formula is C13H21ClN2S2. The highest BCUT2D eigenvalue weighted by molar-refractivity contribution is 7.99. The Morgan fingerprint density at radius 3 is 2.89 bits per heavy atom. The first-order valence-electron chi connectivity index (χ1n) is 6.47. The summed E-state index contributed by atoms with van der Waals surface area (Å²) in [6.07, 6.45) is 0.997. The Balaban J connectivity index is 2.24. The fourth-order valence-corrected chi connectivity index (χ4v) is 4.78. The molecule has 0 saturated carbocycles. The van der Waals surface area contributed by atoms with Gasteiger partial charge in [0.15, 0.2) is 0 Å². The number of hydrogen-bond donors (Lipinski definition) is 1. The maximum atomic E-state index is 6.37. The lowest BCUT2D eigenvalue weighted by Crippen LogP contribution is -2.48. The second-order valence-corrected chi connectivity index (χ2v) is 7.72. The van der Waals surface area contributed by atoms with Crippen LogP contribution in [0.3, 0.4) is 0 Å². The van der Waals surface area contributed by atoms with E-state index in [9.17, 15) is 0 Å². The monoisotopic (exact) mass is 304 g/mol. The van der Waals surface area contributed by atoms with E-state index in [1.165, 1.54) is 16.4 Å². The SMILES string of the molecule is CCC(N)C(c1ccc(Cl)s1)N1CCSCC1C. The van der Waals surface area contributed by atoms with Crippen LogP contribution >= 0.6 is 34.7 Å². The Hall–Kier alpha value is 0.260. The van der Waals surface area contributed by atoms with E-state index in [1.54, 1.807) is 11.3 Å². The number of halogens is 1. The molecule has 2 rings (SSSR count). The molecule has 2 nitrogen and oxygen atoms in total. The third kappa shape index (κ3) is 3.23. The summed E-state index contributed by atoms with van der Waals surface area (Å²) in [7, 11) is 0. The molecule has 0 aliphatic carbocycles. The lowest BCUT2D eigenvalue weighted by molar-refractivity contribution is 0.140. The number of hydrogen-bond acceptors (Lipinski definition) is 4. The molecule has 2 N–H and O–H groups in total. The molecule has 5 heteroatoms. The maximum absolute atomic E-state index is 6.37. The van der Waals surface area contributed by atoms with Crippen molar-refractivity contribution in [3.05, 3.63) is 21.3 Å². The van der Waals surface area contributed by atoms with Crippen molar-refractivity contribution < 1.29 is 0 Å². The van der Waals surface area contributed by atoms with Crippen LogP contribution in [0.15, 0.2) is 12.1 Å². The van der Waals surface area contributed by atoms with Crippen molar-refractivity contribution in [3.8, 4) is 0 Å². The zero-order valence-corrected chi connectivity index (χ0v) is 13.3. The normalized spacial score (nSPS) is 25.0. The topological polar surface area (TPSA) is 29.3 Å². The van der Waals surface area contributed by atoms with Gasteiger partial charge in [-0.2, -0.15) is 11.8 Å². The zero-order valence-electron chi connectivity index (χ0n) is 10.9. The first-order valence-corrected chi connectivity index (χ1v) is 8.82. The van der Waals surface area contributed by atoms with Gasteiger partial charge in [-0.1, -0.05) is 18.5 Å². The number of nitrogens with two attached hydrogens (primary N) is 1. The zero-order chi connectivity index (χ0) is 13.1. The highest BCUT2D eigenvalue weighted by Crippen LogP contribution is 2.35. The maximum Gasteiger partial charge on any atom is 0.0931 e. The highest BCUT2D eigenvalue weighted by atomic mass is 35.5. The van der Waals surface area contributed by atoms with Gasteiger partial charge in [-0.25, -0.2) is 0 Å². The molecule has 3 unspecified atom stereocenters. The Bertz CT molecular complexity index is 383. The van der Waals surface area contributed by atoms with Gasteiger partial charge in [-0.3, -0.25) is 4.90 Å². The lowest BCUT2D eigenvalue weighted by Gasteiger charge is -2.41. The van der Waals surface area contributed by atoms with Gasteiger partial charge < -0.3 is 5.73 Å². The summed E-state index contributed by atoms with van der Waals surface area (Å²) in [5.74, 6) is 2.41. The lowest BCUT2D eigenvalue weighted by atomic mass is 10.0. The molecular weight excluding hydrogens is 284 g/mol. The van der Waals surface area contributed by atoms with E-state index >= 15 is 0 Å². The number of thioether (sulfide) groups is 1. The standard InChI is InChI=1S/C13H21ClN2S2/c1-3-10(15)13(11-4-5-12(14)18-11)16-6-7-17-8-9(16)2/h4-5,9-10,13H,3,6-8,15H2,1-2H3. The number of rotatable bonds is 4. The molecule has 0 spiro atoms. The summed E-state index contributed by atoms with van der Waals surface area (Å²) in [6.45, 7) is 5.59. The van der Waals surface area contributed by atoms with E-state index in [0.717, 1.165) is 17.3 Å². The molecule has 3 atom stereocenters. The summed E-state index contributed by atoms with van der Waals surface area (Å²) in [5, 5.41) is 0. The third-order valence-corrected chi connectivity index (χ3v) is 6.03. The van der Waals surface area contributed by atoms with Crippen LogP contribution in [0, 0.1) is 0 Å². The summed E-state index contributed by atoms with van der Waals surface area (Å²) in [5.41, 5.74) is 6.37. The van der Waals surface area contributed by atoms with Gasteiger partial charge in [-0.05, 0) is 25.5 Å². The van der Waals surface area contributed by atoms with Crippen LogP contribution in [0.1, 0.15) is 31.2 Å². The van der Waals surface area contributed by atoms with Gasteiger partial charge >= 0.3 is 0 Å². The van der Waals surface area contributed by atoms with Crippen molar-refractivity contribution in [2.75, 3.05) is 18.1 Å². The van der Waals surface area contributed by atoms with Crippen LogP contribution in [0.5, 0.6) is 0 Å². The molecule has 1 saturated heterocycles. The van der Waals surface area contributed by atoms with Crippen molar-refractivity contribution in [2.45, 2.75) is 38.4 Å². The summed E-state index contributed by atoms with van der Waals surface area (Å²) < 4.78 is 0.859. The molecule has 2 heterocycles. The second kappa shape index (κ2) is 6.62. The van der Waals surface area contributed by atoms with E-state index in [2.05, 4.69) is 24.8 Å². The van der Waals surface area contributed by atoms with Crippen LogP contribution in [0.4, 0.5) is 0 Å². The second-order valence-electron chi connectivity index (χ2n) is 4.82. The average Bonchev–Trinajstić information content (AvgIpc) is 2.78. The molecule has 18 heavy (non-hydrogen) atoms. The van der Waals surface area contributed by atoms with E-state index in [0.29, 0.717) is 12.1 Å². The van der Waals surface area contributed by atoms with Crippen LogP contribution in [-0.2, 0) is 0 Å². The molecule has 0 bridgehead atoms. The minimum Gasteiger partial charge on any atom is -0.326 e. The largest absolute Gasteiger partial charge is 0.326 e. The van der Waals surface area contributed by atoms with Crippen molar-refractivity contribution in [1.82, 2.24) is 4.90 Å². The minimum absolute atomic E-state index is 0.185. The molecule has 1 aliphatic rings. The summed E-state index contributed by atoms with van der Waals surface area (Å²) in [4.78, 5) is 3.88. The van der Waals surface area contributed by atoms with E-state index in [4.69, 9.17) is 17.3 Å². The predicted molar refractivity (Wildman–Crippen MR) is 83.8 cm³/mol. The van der Waals surface area contributed by atoms with Crippen molar-refractivity contribution in [3.63, 3.8) is 0 Å². The Morgan fingerprint density at radius 1 is 1.56 bits per heavy atom. The van der Waals surface area contributed by atoms with Gasteiger partial charge in [0, 0.05) is 35.0 Å². The van der Waals surface area contributed by atoms with Crippen molar-refractivity contribution >= 4 is 34.7 Å². The van der Waals surface area contributed by atoms with Gasteiger partial charge in [0.05, 0.1) is 10.4 Å². The first kappa shape index (κ1) is 14.7. The quantitative estimate of drug-likeness (QED) is 0.921. The molecule has 102 valence electrons. The molecule has 0 aromatic carbocycles. The fourth-order valence-electron chi connectivity index (χ4n) is 2.48. The Labute approximate surface area is 123 Å². The van der Waals surface area contributed by atoms with E-state index in [1.807, 2.05) is 17.8 Å². The average molecular weight is 305 g/mol. The van der Waals surface area contributed by atoms with E-state index in [-0.39, 0.29) is 6.04 Å². The third-order valence-electron chi connectivity index (χ3n) is 3.54. The van der Waals surface area contributed by atoms with Gasteiger partial charge in [0.2, 0.25) is 0 Å². The molecule has 1 fully saturated rings. The van der Waals surface area contributed by atoms with Gasteiger partial charge in [-0.15, -0.1) is 11.3 Å². The molecule has 1 aliphatic heterocycles. The van der Waals surface area contributed by atoms with Crippen molar-refractivity contribution in [2.24, 2.45) is 5.73 Å². The first-order chi connectivity index (χ1) is 8.63. The molecule has 0 radical (unpaired) electrons. The highest BCUT2D eigenvalue weighted by Gasteiger charge is 2.31. The number of thiophene rings is 1. The molecule has 1 aromatic heterocycles. The van der Waals surface area contributed by atoms with Crippen LogP contribution in [-0.4, -0.2) is 35.0 Å². The summed E-state index contributed by atoms with van der Waals surface area (Å²) >= 11 is 9.79. The fraction of sp³-hybridized carbons (Fsp3) is 0.692. The molecule has 0 amide bonds. The number of nitrogens with zero attached hydrogens (tertiary/aromatic N) is 1. The van der Waals surface area contributed by atoms with Crippen molar-refractivity contribution in [1.29, 1.82) is 0 Å². The van der Waals surface area contributed by atoms with Crippen LogP contribution < -0.4 is 5.73 Å².